The Balaban J connectivity index is 2.23. The predicted molar refractivity (Wildman–Crippen MR) is 69.3 cm³/mol. The van der Waals surface area contributed by atoms with E-state index in [-0.39, 0.29) is 11.7 Å². The fraction of sp³-hybridized carbons (Fsp3) is 0.200. The Morgan fingerprint density at radius 2 is 1.78 bits per heavy atom. The van der Waals surface area contributed by atoms with Crippen molar-refractivity contribution in [2.75, 3.05) is 13.7 Å². The molecule has 0 heterocycles. The van der Waals surface area contributed by atoms with Crippen LogP contribution < -0.4 is 10.5 Å². The van der Waals surface area contributed by atoms with Crippen molar-refractivity contribution in [1.82, 2.24) is 0 Å². The highest BCUT2D eigenvalue weighted by Gasteiger charge is 2.28. The molecule has 0 aromatic heterocycles. The Hall–Kier alpha value is -1.87. The van der Waals surface area contributed by atoms with E-state index in [1.807, 2.05) is 24.3 Å². The first kappa shape index (κ1) is 11.2. The van der Waals surface area contributed by atoms with Crippen LogP contribution in [0.4, 0.5) is 4.39 Å². The molecule has 0 amide bonds. The molecule has 2 aromatic rings. The monoisotopic (exact) mass is 243 g/mol. The Labute approximate surface area is 105 Å². The summed E-state index contributed by atoms with van der Waals surface area (Å²) in [6.45, 7) is 0.469. The van der Waals surface area contributed by atoms with Gasteiger partial charge in [-0.25, -0.2) is 4.39 Å². The van der Waals surface area contributed by atoms with E-state index >= 15 is 0 Å². The summed E-state index contributed by atoms with van der Waals surface area (Å²) >= 11 is 0. The highest BCUT2D eigenvalue weighted by atomic mass is 19.1. The molecule has 1 atom stereocenters. The first-order valence-corrected chi connectivity index (χ1v) is 5.92. The maximum Gasteiger partial charge on any atom is 0.123 e. The number of benzene rings is 2. The zero-order chi connectivity index (χ0) is 12.7. The number of halogens is 1. The first-order valence-electron chi connectivity index (χ1n) is 5.92. The molecule has 1 unspecified atom stereocenters. The van der Waals surface area contributed by atoms with Crippen LogP contribution in [0.25, 0.3) is 11.1 Å². The molecule has 92 valence electrons. The average molecular weight is 243 g/mol. The summed E-state index contributed by atoms with van der Waals surface area (Å²) in [5, 5.41) is 0. The molecule has 0 radical (unpaired) electrons. The lowest BCUT2D eigenvalue weighted by Gasteiger charge is -2.11. The second kappa shape index (κ2) is 4.10. The molecule has 0 bridgehead atoms. The summed E-state index contributed by atoms with van der Waals surface area (Å²) < 4.78 is 18.6. The van der Waals surface area contributed by atoms with E-state index in [1.165, 1.54) is 6.07 Å². The minimum Gasteiger partial charge on any atom is -0.497 e. The average Bonchev–Trinajstić information content (AvgIpc) is 2.70. The van der Waals surface area contributed by atoms with Crippen LogP contribution in [0.1, 0.15) is 17.0 Å². The lowest BCUT2D eigenvalue weighted by atomic mass is 9.97. The molecular weight excluding hydrogens is 229 g/mol. The minimum atomic E-state index is -0.216. The predicted octanol–water partition coefficient (Wildman–Crippen LogP) is 2.91. The van der Waals surface area contributed by atoms with Crippen LogP contribution in [0.5, 0.6) is 5.75 Å². The molecule has 1 aliphatic carbocycles. The van der Waals surface area contributed by atoms with E-state index in [4.69, 9.17) is 10.5 Å². The van der Waals surface area contributed by atoms with Crippen molar-refractivity contribution in [2.24, 2.45) is 5.73 Å². The van der Waals surface area contributed by atoms with Gasteiger partial charge in [-0.15, -0.1) is 0 Å². The van der Waals surface area contributed by atoms with Crippen LogP contribution in [0.2, 0.25) is 0 Å². The topological polar surface area (TPSA) is 35.2 Å². The molecule has 3 rings (SSSR count). The van der Waals surface area contributed by atoms with E-state index in [0.717, 1.165) is 28.0 Å². The van der Waals surface area contributed by atoms with Crippen molar-refractivity contribution >= 4 is 0 Å². The van der Waals surface area contributed by atoms with Crippen LogP contribution >= 0.6 is 0 Å². The largest absolute Gasteiger partial charge is 0.497 e. The molecule has 0 saturated carbocycles. The molecule has 3 heteroatoms. The highest BCUT2D eigenvalue weighted by molar-refractivity contribution is 5.79. The number of ether oxygens (including phenoxy) is 1. The lowest BCUT2D eigenvalue weighted by Crippen LogP contribution is -2.11. The zero-order valence-corrected chi connectivity index (χ0v) is 10.1. The quantitative estimate of drug-likeness (QED) is 0.880. The molecule has 2 aromatic carbocycles. The molecular formula is C15H14FNO. The van der Waals surface area contributed by atoms with E-state index in [9.17, 15) is 4.39 Å². The molecule has 1 aliphatic rings. The molecule has 0 saturated heterocycles. The smallest absolute Gasteiger partial charge is 0.123 e. The Morgan fingerprint density at radius 1 is 1.11 bits per heavy atom. The third-order valence-corrected chi connectivity index (χ3v) is 3.55. The van der Waals surface area contributed by atoms with Crippen molar-refractivity contribution in [3.05, 3.63) is 53.3 Å². The Bertz CT molecular complexity index is 609. The number of methoxy groups -OCH3 is 1. The standard InChI is InChI=1S/C15H14FNO/c1-18-10-3-5-12-11-4-2-9(16)6-13(11)15(8-17)14(12)7-10/h2-7,15H,8,17H2,1H3. The van der Waals surface area contributed by atoms with Gasteiger partial charge in [0.05, 0.1) is 7.11 Å². The van der Waals surface area contributed by atoms with Gasteiger partial charge in [-0.3, -0.25) is 0 Å². The highest BCUT2D eigenvalue weighted by Crippen LogP contribution is 2.45. The number of hydrogen-bond donors (Lipinski definition) is 1. The number of nitrogens with two attached hydrogens (primary N) is 1. The van der Waals surface area contributed by atoms with Gasteiger partial charge in [0.25, 0.3) is 0 Å². The summed E-state index contributed by atoms with van der Waals surface area (Å²) in [6, 6.07) is 10.8. The summed E-state index contributed by atoms with van der Waals surface area (Å²) in [5.41, 5.74) is 10.1. The van der Waals surface area contributed by atoms with Gasteiger partial charge in [-0.05, 0) is 46.5 Å². The van der Waals surface area contributed by atoms with Crippen molar-refractivity contribution in [3.8, 4) is 16.9 Å². The van der Waals surface area contributed by atoms with Crippen LogP contribution in [-0.2, 0) is 0 Å². The first-order chi connectivity index (χ1) is 8.74. The Kier molecular flexibility index (Phi) is 2.56. The fourth-order valence-corrected chi connectivity index (χ4v) is 2.69. The third-order valence-electron chi connectivity index (χ3n) is 3.55. The third kappa shape index (κ3) is 1.51. The SMILES string of the molecule is COc1ccc2c(c1)C(CN)c1cc(F)ccc1-2. The van der Waals surface area contributed by atoms with Gasteiger partial charge >= 0.3 is 0 Å². The fourth-order valence-electron chi connectivity index (χ4n) is 2.69. The van der Waals surface area contributed by atoms with Crippen molar-refractivity contribution in [3.63, 3.8) is 0 Å². The van der Waals surface area contributed by atoms with E-state index < -0.39 is 0 Å². The van der Waals surface area contributed by atoms with Gasteiger partial charge < -0.3 is 10.5 Å². The van der Waals surface area contributed by atoms with Crippen molar-refractivity contribution < 1.29 is 9.13 Å². The van der Waals surface area contributed by atoms with Gasteiger partial charge in [0.2, 0.25) is 0 Å². The number of hydrogen-bond acceptors (Lipinski definition) is 2. The molecule has 18 heavy (non-hydrogen) atoms. The molecule has 2 N–H and O–H groups in total. The van der Waals surface area contributed by atoms with E-state index in [2.05, 4.69) is 0 Å². The Morgan fingerprint density at radius 3 is 2.44 bits per heavy atom. The lowest BCUT2D eigenvalue weighted by molar-refractivity contribution is 0.414. The van der Waals surface area contributed by atoms with Gasteiger partial charge in [0.15, 0.2) is 0 Å². The van der Waals surface area contributed by atoms with Crippen molar-refractivity contribution in [1.29, 1.82) is 0 Å². The van der Waals surface area contributed by atoms with Crippen LogP contribution in [0.3, 0.4) is 0 Å². The molecule has 2 nitrogen and oxygen atoms in total. The van der Waals surface area contributed by atoms with Crippen molar-refractivity contribution in [2.45, 2.75) is 5.92 Å². The second-order valence-corrected chi connectivity index (χ2v) is 4.47. The van der Waals surface area contributed by atoms with Gasteiger partial charge in [-0.2, -0.15) is 0 Å². The maximum atomic E-state index is 13.4. The summed E-state index contributed by atoms with van der Waals surface area (Å²) in [7, 11) is 1.64. The van der Waals surface area contributed by atoms with E-state index in [1.54, 1.807) is 13.2 Å². The zero-order valence-electron chi connectivity index (χ0n) is 10.1. The summed E-state index contributed by atoms with van der Waals surface area (Å²) in [4.78, 5) is 0. The van der Waals surface area contributed by atoms with Gasteiger partial charge in [-0.1, -0.05) is 12.1 Å². The normalized spacial score (nSPS) is 16.3. The summed E-state index contributed by atoms with van der Waals surface area (Å²) in [5.74, 6) is 0.647. The molecule has 0 spiro atoms. The second-order valence-electron chi connectivity index (χ2n) is 4.47. The summed E-state index contributed by atoms with van der Waals surface area (Å²) in [6.07, 6.45) is 0. The van der Waals surface area contributed by atoms with Crippen LogP contribution in [0, 0.1) is 5.82 Å². The number of rotatable bonds is 2. The molecule has 0 fully saturated rings. The minimum absolute atomic E-state index is 0.0563. The maximum absolute atomic E-state index is 13.4. The van der Waals surface area contributed by atoms with Crippen LogP contribution in [-0.4, -0.2) is 13.7 Å². The molecule has 0 aliphatic heterocycles. The van der Waals surface area contributed by atoms with Gasteiger partial charge in [0, 0.05) is 12.5 Å². The number of fused-ring (bicyclic) bond motifs is 3. The van der Waals surface area contributed by atoms with Crippen LogP contribution in [0.15, 0.2) is 36.4 Å². The van der Waals surface area contributed by atoms with E-state index in [0.29, 0.717) is 6.54 Å². The van der Waals surface area contributed by atoms with Gasteiger partial charge in [0.1, 0.15) is 11.6 Å².